The quantitative estimate of drug-likeness (QED) is 0.672. The first-order chi connectivity index (χ1) is 7.53. The molecule has 92 valence electrons. The summed E-state index contributed by atoms with van der Waals surface area (Å²) < 4.78 is 5.24. The van der Waals surface area contributed by atoms with E-state index in [1.807, 2.05) is 6.92 Å². The number of ether oxygens (including phenoxy) is 1. The average molecular weight is 224 g/mol. The molecule has 2 rings (SSSR count). The third kappa shape index (κ3) is 2.26. The molecule has 2 heteroatoms. The fraction of sp³-hybridized carbons (Fsp3) is 0.929. The van der Waals surface area contributed by atoms with Gasteiger partial charge in [-0.15, -0.1) is 0 Å². The Morgan fingerprint density at radius 3 is 2.31 bits per heavy atom. The fourth-order valence-corrected chi connectivity index (χ4v) is 4.06. The maximum absolute atomic E-state index is 12.0. The highest BCUT2D eigenvalue weighted by Gasteiger charge is 2.45. The smallest absolute Gasteiger partial charge is 0.311 e. The number of hydrogen-bond acceptors (Lipinski definition) is 2. The van der Waals surface area contributed by atoms with E-state index in [2.05, 4.69) is 13.8 Å². The van der Waals surface area contributed by atoms with Gasteiger partial charge in [0.05, 0.1) is 12.0 Å². The monoisotopic (exact) mass is 224 g/mol. The second kappa shape index (κ2) is 4.38. The molecule has 2 fully saturated rings. The minimum absolute atomic E-state index is 0.0410. The molecule has 2 saturated carbocycles. The predicted molar refractivity (Wildman–Crippen MR) is 64.0 cm³/mol. The summed E-state index contributed by atoms with van der Waals surface area (Å²) in [5.74, 6) is 2.42. The van der Waals surface area contributed by atoms with E-state index in [4.69, 9.17) is 4.74 Å². The number of esters is 1. The molecule has 16 heavy (non-hydrogen) atoms. The molecule has 0 amide bonds. The molecule has 0 N–H and O–H groups in total. The summed E-state index contributed by atoms with van der Waals surface area (Å²) in [7, 11) is 0. The summed E-state index contributed by atoms with van der Waals surface area (Å²) >= 11 is 0. The Kier molecular flexibility index (Phi) is 3.27. The van der Waals surface area contributed by atoms with Gasteiger partial charge in [0.1, 0.15) is 0 Å². The van der Waals surface area contributed by atoms with Gasteiger partial charge in [-0.05, 0) is 63.7 Å². The minimum Gasteiger partial charge on any atom is -0.466 e. The Balaban J connectivity index is 2.06. The molecule has 2 atom stereocenters. The first-order valence-electron chi connectivity index (χ1n) is 6.70. The van der Waals surface area contributed by atoms with Gasteiger partial charge in [0.25, 0.3) is 0 Å². The molecule has 2 nitrogen and oxygen atoms in total. The van der Waals surface area contributed by atoms with Crippen LogP contribution in [0.25, 0.3) is 0 Å². The van der Waals surface area contributed by atoms with Crippen LogP contribution >= 0.6 is 0 Å². The van der Waals surface area contributed by atoms with E-state index >= 15 is 0 Å². The molecular weight excluding hydrogens is 200 g/mol. The zero-order valence-corrected chi connectivity index (χ0v) is 10.8. The normalized spacial score (nSPS) is 42.8. The van der Waals surface area contributed by atoms with Gasteiger partial charge in [-0.3, -0.25) is 4.79 Å². The SMILES string of the molecule is CCOC(=O)C1(C)CC2CC(C)CC(C2)C1. The highest BCUT2D eigenvalue weighted by Crippen LogP contribution is 2.50. The number of carbonyl (C=O) groups excluding carboxylic acids is 1. The number of hydrogen-bond donors (Lipinski definition) is 0. The van der Waals surface area contributed by atoms with Crippen molar-refractivity contribution in [1.82, 2.24) is 0 Å². The van der Waals surface area contributed by atoms with Crippen LogP contribution in [0.2, 0.25) is 0 Å². The molecule has 2 bridgehead atoms. The molecule has 0 aliphatic heterocycles. The highest BCUT2D eigenvalue weighted by molar-refractivity contribution is 5.76. The van der Waals surface area contributed by atoms with Gasteiger partial charge in [-0.25, -0.2) is 0 Å². The molecule has 0 aromatic carbocycles. The second-order valence-corrected chi connectivity index (χ2v) is 6.23. The van der Waals surface area contributed by atoms with Gasteiger partial charge < -0.3 is 4.74 Å². The molecule has 0 radical (unpaired) electrons. The molecule has 2 unspecified atom stereocenters. The number of fused-ring (bicyclic) bond motifs is 2. The molecule has 0 aromatic rings. The Morgan fingerprint density at radius 2 is 1.81 bits per heavy atom. The zero-order valence-electron chi connectivity index (χ0n) is 10.8. The number of rotatable bonds is 2. The highest BCUT2D eigenvalue weighted by atomic mass is 16.5. The lowest BCUT2D eigenvalue weighted by Crippen LogP contribution is -2.41. The first-order valence-corrected chi connectivity index (χ1v) is 6.70. The van der Waals surface area contributed by atoms with Crippen molar-refractivity contribution in [3.8, 4) is 0 Å². The van der Waals surface area contributed by atoms with Crippen LogP contribution in [0.15, 0.2) is 0 Å². The van der Waals surface area contributed by atoms with Gasteiger partial charge >= 0.3 is 5.97 Å². The Hall–Kier alpha value is -0.530. The van der Waals surface area contributed by atoms with Gasteiger partial charge in [-0.1, -0.05) is 6.92 Å². The lowest BCUT2D eigenvalue weighted by atomic mass is 9.59. The first kappa shape index (κ1) is 11.9. The van der Waals surface area contributed by atoms with E-state index < -0.39 is 0 Å². The predicted octanol–water partition coefficient (Wildman–Crippen LogP) is 3.40. The van der Waals surface area contributed by atoms with Crippen LogP contribution in [0.3, 0.4) is 0 Å². The van der Waals surface area contributed by atoms with Crippen molar-refractivity contribution in [1.29, 1.82) is 0 Å². The molecule has 0 heterocycles. The third-order valence-corrected chi connectivity index (χ3v) is 4.38. The van der Waals surface area contributed by atoms with E-state index in [0.717, 1.165) is 30.6 Å². The largest absolute Gasteiger partial charge is 0.466 e. The zero-order chi connectivity index (χ0) is 11.8. The van der Waals surface area contributed by atoms with Crippen molar-refractivity contribution < 1.29 is 9.53 Å². The summed E-state index contributed by atoms with van der Waals surface area (Å²) in [6.45, 7) is 6.87. The lowest BCUT2D eigenvalue weighted by Gasteiger charge is -2.45. The maximum atomic E-state index is 12.0. The molecule has 2 aliphatic rings. The summed E-state index contributed by atoms with van der Waals surface area (Å²) in [5.41, 5.74) is -0.191. The second-order valence-electron chi connectivity index (χ2n) is 6.23. The van der Waals surface area contributed by atoms with Crippen LogP contribution in [0, 0.1) is 23.2 Å². The van der Waals surface area contributed by atoms with E-state index in [9.17, 15) is 4.79 Å². The van der Waals surface area contributed by atoms with Crippen LogP contribution in [0.5, 0.6) is 0 Å². The molecule has 0 saturated heterocycles. The summed E-state index contributed by atoms with van der Waals surface area (Å²) in [6.07, 6.45) is 6.07. The van der Waals surface area contributed by atoms with Gasteiger partial charge in [0, 0.05) is 0 Å². The van der Waals surface area contributed by atoms with Crippen molar-refractivity contribution in [2.24, 2.45) is 23.2 Å². The van der Waals surface area contributed by atoms with Gasteiger partial charge in [-0.2, -0.15) is 0 Å². The van der Waals surface area contributed by atoms with Crippen LogP contribution < -0.4 is 0 Å². The van der Waals surface area contributed by atoms with Gasteiger partial charge in [0.2, 0.25) is 0 Å². The van der Waals surface area contributed by atoms with E-state index in [-0.39, 0.29) is 11.4 Å². The van der Waals surface area contributed by atoms with Crippen molar-refractivity contribution in [3.63, 3.8) is 0 Å². The standard InChI is InChI=1S/C14H24O2/c1-4-16-13(15)14(3)8-11-5-10(2)6-12(7-11)9-14/h10-12H,4-9H2,1-3H3. The molecular formula is C14H24O2. The molecule has 2 aliphatic carbocycles. The van der Waals surface area contributed by atoms with E-state index in [1.54, 1.807) is 0 Å². The lowest BCUT2D eigenvalue weighted by molar-refractivity contribution is -0.160. The maximum Gasteiger partial charge on any atom is 0.311 e. The van der Waals surface area contributed by atoms with Crippen LogP contribution in [0.4, 0.5) is 0 Å². The average Bonchev–Trinajstić information content (AvgIpc) is 2.15. The van der Waals surface area contributed by atoms with Crippen molar-refractivity contribution >= 4 is 5.97 Å². The fourth-order valence-electron chi connectivity index (χ4n) is 4.06. The van der Waals surface area contributed by atoms with Crippen LogP contribution in [-0.4, -0.2) is 12.6 Å². The summed E-state index contributed by atoms with van der Waals surface area (Å²) in [6, 6.07) is 0. The van der Waals surface area contributed by atoms with Gasteiger partial charge in [0.15, 0.2) is 0 Å². The van der Waals surface area contributed by atoms with Crippen LogP contribution in [0.1, 0.15) is 52.9 Å². The molecule has 0 spiro atoms. The summed E-state index contributed by atoms with van der Waals surface area (Å²) in [5, 5.41) is 0. The summed E-state index contributed by atoms with van der Waals surface area (Å²) in [4.78, 5) is 12.0. The molecule has 0 aromatic heterocycles. The topological polar surface area (TPSA) is 26.3 Å². The number of carbonyl (C=O) groups is 1. The minimum atomic E-state index is -0.191. The van der Waals surface area contributed by atoms with Crippen molar-refractivity contribution in [3.05, 3.63) is 0 Å². The van der Waals surface area contributed by atoms with E-state index in [0.29, 0.717) is 6.61 Å². The third-order valence-electron chi connectivity index (χ3n) is 4.38. The Morgan fingerprint density at radius 1 is 1.25 bits per heavy atom. The Labute approximate surface area is 98.7 Å². The van der Waals surface area contributed by atoms with Crippen molar-refractivity contribution in [2.75, 3.05) is 6.61 Å². The van der Waals surface area contributed by atoms with Crippen molar-refractivity contribution in [2.45, 2.75) is 52.9 Å². The Bertz CT molecular complexity index is 254. The van der Waals surface area contributed by atoms with Crippen LogP contribution in [-0.2, 0) is 9.53 Å². The van der Waals surface area contributed by atoms with E-state index in [1.165, 1.54) is 19.3 Å².